The van der Waals surface area contributed by atoms with Crippen LogP contribution in [0.2, 0.25) is 0 Å². The fourth-order valence-electron chi connectivity index (χ4n) is 2.17. The number of hydrogen-bond acceptors (Lipinski definition) is 3. The zero-order valence-electron chi connectivity index (χ0n) is 10.7. The van der Waals surface area contributed by atoms with Gasteiger partial charge in [0.05, 0.1) is 5.75 Å². The molecule has 18 heavy (non-hydrogen) atoms. The second kappa shape index (κ2) is 5.71. The van der Waals surface area contributed by atoms with Gasteiger partial charge in [-0.15, -0.1) is 0 Å². The zero-order valence-corrected chi connectivity index (χ0v) is 11.5. The number of anilines is 1. The van der Waals surface area contributed by atoms with Crippen LogP contribution in [0.3, 0.4) is 0 Å². The quantitative estimate of drug-likeness (QED) is 0.881. The van der Waals surface area contributed by atoms with Gasteiger partial charge in [-0.2, -0.15) is 0 Å². The zero-order chi connectivity index (χ0) is 13.0. The predicted molar refractivity (Wildman–Crippen MR) is 74.4 cm³/mol. The Morgan fingerprint density at radius 2 is 1.94 bits per heavy atom. The standard InChI is InChI=1S/C13H20N2O2S/c1-2-12-4-6-13(7-5-12)15-9-3-11-18(16,17)14-8-10-15/h4-7,14H,2-3,8-11H2,1H3. The molecule has 100 valence electrons. The highest BCUT2D eigenvalue weighted by molar-refractivity contribution is 7.89. The lowest BCUT2D eigenvalue weighted by Gasteiger charge is -2.27. The van der Waals surface area contributed by atoms with E-state index in [1.165, 1.54) is 11.3 Å². The van der Waals surface area contributed by atoms with Gasteiger partial charge in [0.25, 0.3) is 0 Å². The van der Waals surface area contributed by atoms with Crippen LogP contribution in [0.15, 0.2) is 24.3 Å². The molecule has 0 unspecified atom stereocenters. The van der Waals surface area contributed by atoms with Crippen LogP contribution < -0.4 is 9.62 Å². The second-order valence-corrected chi connectivity index (χ2v) is 6.50. The van der Waals surface area contributed by atoms with Gasteiger partial charge in [0.1, 0.15) is 0 Å². The smallest absolute Gasteiger partial charge is 0.211 e. The Balaban J connectivity index is 2.04. The lowest BCUT2D eigenvalue weighted by Crippen LogP contribution is -2.40. The average molecular weight is 268 g/mol. The first-order chi connectivity index (χ1) is 8.61. The van der Waals surface area contributed by atoms with Crippen molar-refractivity contribution in [3.8, 4) is 0 Å². The minimum absolute atomic E-state index is 0.219. The third-order valence-corrected chi connectivity index (χ3v) is 4.72. The fourth-order valence-corrected chi connectivity index (χ4v) is 3.22. The van der Waals surface area contributed by atoms with Crippen LogP contribution in [0.25, 0.3) is 0 Å². The fraction of sp³-hybridized carbons (Fsp3) is 0.538. The van der Waals surface area contributed by atoms with E-state index in [1.54, 1.807) is 0 Å². The number of benzene rings is 1. The third kappa shape index (κ3) is 3.46. The van der Waals surface area contributed by atoms with Crippen molar-refractivity contribution in [1.82, 2.24) is 4.72 Å². The van der Waals surface area contributed by atoms with E-state index < -0.39 is 10.0 Å². The Morgan fingerprint density at radius 1 is 1.22 bits per heavy atom. The van der Waals surface area contributed by atoms with Gasteiger partial charge in [0.15, 0.2) is 0 Å². The van der Waals surface area contributed by atoms with Crippen molar-refractivity contribution in [3.05, 3.63) is 29.8 Å². The maximum absolute atomic E-state index is 11.4. The van der Waals surface area contributed by atoms with E-state index in [0.717, 1.165) is 19.5 Å². The Bertz CT molecular complexity index is 466. The highest BCUT2D eigenvalue weighted by Gasteiger charge is 2.16. The third-order valence-electron chi connectivity index (χ3n) is 3.25. The molecule has 1 aromatic rings. The van der Waals surface area contributed by atoms with Gasteiger partial charge < -0.3 is 4.90 Å². The van der Waals surface area contributed by atoms with E-state index in [4.69, 9.17) is 0 Å². The number of aryl methyl sites for hydroxylation is 1. The van der Waals surface area contributed by atoms with E-state index in [1.807, 2.05) is 0 Å². The van der Waals surface area contributed by atoms with Crippen molar-refractivity contribution in [2.45, 2.75) is 19.8 Å². The molecule has 5 heteroatoms. The lowest BCUT2D eigenvalue weighted by molar-refractivity contribution is 0.570. The van der Waals surface area contributed by atoms with Crippen molar-refractivity contribution in [2.24, 2.45) is 0 Å². The number of nitrogens with zero attached hydrogens (tertiary/aromatic N) is 1. The molecule has 0 atom stereocenters. The van der Waals surface area contributed by atoms with Crippen molar-refractivity contribution in [1.29, 1.82) is 0 Å². The topological polar surface area (TPSA) is 49.4 Å². The molecule has 4 nitrogen and oxygen atoms in total. The molecule has 0 aromatic heterocycles. The maximum Gasteiger partial charge on any atom is 0.211 e. The van der Waals surface area contributed by atoms with Gasteiger partial charge in [-0.25, -0.2) is 13.1 Å². The molecule has 1 aliphatic heterocycles. The van der Waals surface area contributed by atoms with Gasteiger partial charge in [-0.1, -0.05) is 19.1 Å². The first-order valence-corrected chi connectivity index (χ1v) is 8.07. The highest BCUT2D eigenvalue weighted by Crippen LogP contribution is 2.16. The molecule has 2 rings (SSSR count). The van der Waals surface area contributed by atoms with Crippen LogP contribution in [0.4, 0.5) is 5.69 Å². The summed E-state index contributed by atoms with van der Waals surface area (Å²) in [5.74, 6) is 0.219. The van der Waals surface area contributed by atoms with Crippen LogP contribution >= 0.6 is 0 Å². The molecule has 1 fully saturated rings. The van der Waals surface area contributed by atoms with Crippen molar-refractivity contribution < 1.29 is 8.42 Å². The molecule has 1 heterocycles. The summed E-state index contributed by atoms with van der Waals surface area (Å²) >= 11 is 0. The van der Waals surface area contributed by atoms with Crippen LogP contribution in [-0.4, -0.2) is 33.8 Å². The lowest BCUT2D eigenvalue weighted by atomic mass is 10.1. The van der Waals surface area contributed by atoms with Gasteiger partial charge in [-0.3, -0.25) is 0 Å². The molecule has 0 aliphatic carbocycles. The van der Waals surface area contributed by atoms with Crippen LogP contribution in [0.1, 0.15) is 18.9 Å². The van der Waals surface area contributed by atoms with Crippen LogP contribution in [0.5, 0.6) is 0 Å². The summed E-state index contributed by atoms with van der Waals surface area (Å²) in [6.07, 6.45) is 1.71. The summed E-state index contributed by atoms with van der Waals surface area (Å²) in [5, 5.41) is 0. The first kappa shape index (κ1) is 13.4. The predicted octanol–water partition coefficient (Wildman–Crippen LogP) is 1.38. The SMILES string of the molecule is CCc1ccc(N2CCCS(=O)(=O)NCC2)cc1. The van der Waals surface area contributed by atoms with Crippen molar-refractivity contribution in [2.75, 3.05) is 30.3 Å². The highest BCUT2D eigenvalue weighted by atomic mass is 32.2. The Hall–Kier alpha value is -1.07. The molecule has 1 saturated heterocycles. The van der Waals surface area contributed by atoms with Crippen LogP contribution in [0, 0.1) is 0 Å². The second-order valence-electron chi connectivity index (χ2n) is 4.57. The number of hydrogen-bond donors (Lipinski definition) is 1. The summed E-state index contributed by atoms with van der Waals surface area (Å²) in [4.78, 5) is 2.24. The molecule has 0 spiro atoms. The van der Waals surface area contributed by atoms with Gasteiger partial charge in [-0.05, 0) is 30.5 Å². The summed E-state index contributed by atoms with van der Waals surface area (Å²) in [7, 11) is -3.04. The van der Waals surface area contributed by atoms with Crippen LogP contribution in [-0.2, 0) is 16.4 Å². The summed E-state index contributed by atoms with van der Waals surface area (Å²) in [6.45, 7) is 4.15. The molecule has 0 bridgehead atoms. The van der Waals surface area contributed by atoms with Gasteiger partial charge >= 0.3 is 0 Å². The molecule has 1 aliphatic rings. The molecule has 0 radical (unpaired) electrons. The van der Waals surface area contributed by atoms with E-state index >= 15 is 0 Å². The van der Waals surface area contributed by atoms with E-state index in [-0.39, 0.29) is 5.75 Å². The minimum Gasteiger partial charge on any atom is -0.370 e. The van der Waals surface area contributed by atoms with Crippen molar-refractivity contribution in [3.63, 3.8) is 0 Å². The van der Waals surface area contributed by atoms with Gasteiger partial charge in [0.2, 0.25) is 10.0 Å². The maximum atomic E-state index is 11.4. The molecule has 0 saturated carbocycles. The average Bonchev–Trinajstić information content (AvgIpc) is 2.34. The molecular formula is C13H20N2O2S. The number of nitrogens with one attached hydrogen (secondary N) is 1. The molecule has 1 aromatic carbocycles. The summed E-state index contributed by atoms with van der Waals surface area (Å²) in [5.41, 5.74) is 2.50. The Morgan fingerprint density at radius 3 is 2.61 bits per heavy atom. The molecule has 1 N–H and O–H groups in total. The van der Waals surface area contributed by atoms with Crippen molar-refractivity contribution >= 4 is 15.7 Å². The summed E-state index contributed by atoms with van der Waals surface area (Å²) < 4.78 is 25.5. The van der Waals surface area contributed by atoms with E-state index in [2.05, 4.69) is 40.8 Å². The monoisotopic (exact) mass is 268 g/mol. The minimum atomic E-state index is -3.04. The van der Waals surface area contributed by atoms with E-state index in [9.17, 15) is 8.42 Å². The van der Waals surface area contributed by atoms with E-state index in [0.29, 0.717) is 13.0 Å². The number of rotatable bonds is 2. The Kier molecular flexibility index (Phi) is 4.24. The van der Waals surface area contributed by atoms with Gasteiger partial charge in [0, 0.05) is 25.3 Å². The number of sulfonamides is 1. The largest absolute Gasteiger partial charge is 0.370 e. The molecular weight excluding hydrogens is 248 g/mol. The normalized spacial score (nSPS) is 20.2. The Labute approximate surface area is 109 Å². The first-order valence-electron chi connectivity index (χ1n) is 6.42. The molecule has 0 amide bonds. The summed E-state index contributed by atoms with van der Waals surface area (Å²) in [6, 6.07) is 8.51.